The van der Waals surface area contributed by atoms with Crippen LogP contribution in [0.3, 0.4) is 0 Å². The molecule has 1 amide bonds. The lowest BCUT2D eigenvalue weighted by Crippen LogP contribution is -2.52. The molecule has 0 unspecified atom stereocenters. The molecule has 0 bridgehead atoms. The van der Waals surface area contributed by atoms with Crippen LogP contribution in [0.2, 0.25) is 0 Å². The molecule has 0 spiro atoms. The second-order valence-electron chi connectivity index (χ2n) is 10.4. The van der Waals surface area contributed by atoms with Gasteiger partial charge in [-0.15, -0.1) is 5.10 Å². The molecule has 4 aromatic rings. The van der Waals surface area contributed by atoms with Gasteiger partial charge in [-0.2, -0.15) is 0 Å². The highest BCUT2D eigenvalue weighted by molar-refractivity contribution is 6.03. The zero-order chi connectivity index (χ0) is 26.4. The van der Waals surface area contributed by atoms with Crippen molar-refractivity contribution in [1.82, 2.24) is 24.6 Å². The molecule has 1 saturated carbocycles. The van der Waals surface area contributed by atoms with Gasteiger partial charge in [0, 0.05) is 61.9 Å². The molecular formula is C27H32N8O3. The highest BCUT2D eigenvalue weighted by Gasteiger charge is 2.34. The van der Waals surface area contributed by atoms with E-state index in [1.807, 2.05) is 39.2 Å². The molecule has 2 N–H and O–H groups in total. The minimum Gasteiger partial charge on any atom is -0.376 e. The predicted molar refractivity (Wildman–Crippen MR) is 145 cm³/mol. The molecule has 6 rings (SSSR count). The monoisotopic (exact) mass is 516 g/mol. The number of methoxy groups -OCH3 is 1. The number of aromatic nitrogens is 5. The van der Waals surface area contributed by atoms with Crippen LogP contribution in [-0.2, 0) is 14.3 Å². The fourth-order valence-corrected chi connectivity index (χ4v) is 4.76. The lowest BCUT2D eigenvalue weighted by Gasteiger charge is -2.41. The molecule has 1 aliphatic heterocycles. The van der Waals surface area contributed by atoms with Crippen molar-refractivity contribution >= 4 is 39.6 Å². The van der Waals surface area contributed by atoms with E-state index in [4.69, 9.17) is 19.6 Å². The van der Waals surface area contributed by atoms with Crippen LogP contribution in [0.25, 0.3) is 27.8 Å². The highest BCUT2D eigenvalue weighted by atomic mass is 16.5. The van der Waals surface area contributed by atoms with Crippen molar-refractivity contribution in [1.29, 1.82) is 0 Å². The van der Waals surface area contributed by atoms with E-state index in [9.17, 15) is 4.79 Å². The Morgan fingerprint density at radius 3 is 2.79 bits per heavy atom. The van der Waals surface area contributed by atoms with E-state index in [2.05, 4.69) is 31.6 Å². The van der Waals surface area contributed by atoms with Crippen LogP contribution in [0.1, 0.15) is 26.7 Å². The number of nitrogens with zero attached hydrogens (tertiary/aromatic N) is 6. The van der Waals surface area contributed by atoms with Gasteiger partial charge in [0.1, 0.15) is 17.7 Å². The van der Waals surface area contributed by atoms with Crippen molar-refractivity contribution < 1.29 is 14.3 Å². The predicted octanol–water partition coefficient (Wildman–Crippen LogP) is 3.36. The number of pyridine rings is 3. The first-order valence-corrected chi connectivity index (χ1v) is 12.9. The molecule has 5 heterocycles. The first-order chi connectivity index (χ1) is 18.4. The number of fused-ring (bicyclic) bond motifs is 2. The minimum atomic E-state index is -0.386. The summed E-state index contributed by atoms with van der Waals surface area (Å²) >= 11 is 0. The molecule has 1 saturated heterocycles. The number of hydrogen-bond acceptors (Lipinski definition) is 9. The Hall–Kier alpha value is -3.83. The minimum absolute atomic E-state index is 0.0129. The average molecular weight is 517 g/mol. The van der Waals surface area contributed by atoms with Crippen molar-refractivity contribution in [2.45, 2.75) is 38.4 Å². The second kappa shape index (κ2) is 9.48. The van der Waals surface area contributed by atoms with Crippen LogP contribution in [-0.4, -0.2) is 76.0 Å². The zero-order valence-electron chi connectivity index (χ0n) is 22.1. The van der Waals surface area contributed by atoms with Gasteiger partial charge < -0.3 is 25.0 Å². The summed E-state index contributed by atoms with van der Waals surface area (Å²) in [7, 11) is 3.53. The molecular weight excluding hydrogens is 484 g/mol. The van der Waals surface area contributed by atoms with Crippen molar-refractivity contribution in [2.24, 2.45) is 5.92 Å². The van der Waals surface area contributed by atoms with E-state index in [1.54, 1.807) is 24.0 Å². The third-order valence-electron chi connectivity index (χ3n) is 7.50. The smallest absolute Gasteiger partial charge is 0.228 e. The molecule has 1 aliphatic carbocycles. The molecule has 38 heavy (non-hydrogen) atoms. The van der Waals surface area contributed by atoms with Crippen LogP contribution >= 0.6 is 0 Å². The number of rotatable bonds is 7. The van der Waals surface area contributed by atoms with Crippen molar-refractivity contribution in [2.75, 3.05) is 49.4 Å². The van der Waals surface area contributed by atoms with Gasteiger partial charge in [-0.25, -0.2) is 19.5 Å². The van der Waals surface area contributed by atoms with E-state index in [-0.39, 0.29) is 23.5 Å². The highest BCUT2D eigenvalue weighted by Crippen LogP contribution is 2.33. The molecule has 11 nitrogen and oxygen atoms in total. The summed E-state index contributed by atoms with van der Waals surface area (Å²) in [6.07, 6.45) is 7.30. The molecule has 4 aromatic heterocycles. The first kappa shape index (κ1) is 24.5. The Morgan fingerprint density at radius 2 is 2.03 bits per heavy atom. The molecule has 11 heteroatoms. The number of anilines is 3. The van der Waals surface area contributed by atoms with E-state index in [0.29, 0.717) is 24.1 Å². The molecule has 0 radical (unpaired) electrons. The number of carbonyl (C=O) groups excluding carboxylic acids is 1. The van der Waals surface area contributed by atoms with Crippen molar-refractivity contribution in [3.63, 3.8) is 0 Å². The fraction of sp³-hybridized carbons (Fsp3) is 0.444. The molecule has 1 atom stereocenters. The van der Waals surface area contributed by atoms with Crippen LogP contribution in [0.15, 0.2) is 36.8 Å². The van der Waals surface area contributed by atoms with Gasteiger partial charge in [-0.3, -0.25) is 4.79 Å². The standard InChI is InChI=1S/C27H32N8O3/c1-27(2,37-4)21-15-34(9-10-38-21)17-7-8-23-32-25(33-35(23)14-17)20-13-30-24(28-3)19-12-29-22(11-18(19)20)31-26(36)16-5-6-16/h7-8,11-14,16,21H,5-6,9-10,15H2,1-4H3,(H,28,30)(H,29,31,36)/t21-/m0/s1. The number of morpholine rings is 1. The van der Waals surface area contributed by atoms with Gasteiger partial charge in [0.05, 0.1) is 24.1 Å². The average Bonchev–Trinajstić information content (AvgIpc) is 3.71. The van der Waals surface area contributed by atoms with E-state index in [1.165, 1.54) is 0 Å². The number of amides is 1. The summed E-state index contributed by atoms with van der Waals surface area (Å²) in [5.41, 5.74) is 2.15. The molecule has 0 aromatic carbocycles. The topological polar surface area (TPSA) is 119 Å². The number of hydrogen-bond donors (Lipinski definition) is 2. The lowest BCUT2D eigenvalue weighted by atomic mass is 9.99. The molecule has 198 valence electrons. The third kappa shape index (κ3) is 4.52. The number of ether oxygens (including phenoxy) is 2. The number of nitrogens with one attached hydrogen (secondary N) is 2. The Bertz CT molecular complexity index is 1510. The van der Waals surface area contributed by atoms with Gasteiger partial charge in [0.15, 0.2) is 11.5 Å². The Morgan fingerprint density at radius 1 is 1.18 bits per heavy atom. The summed E-state index contributed by atoms with van der Waals surface area (Å²) in [4.78, 5) is 28.4. The van der Waals surface area contributed by atoms with Gasteiger partial charge in [0.25, 0.3) is 0 Å². The first-order valence-electron chi connectivity index (χ1n) is 12.9. The Kier molecular flexibility index (Phi) is 6.11. The summed E-state index contributed by atoms with van der Waals surface area (Å²) < 4.78 is 13.5. The van der Waals surface area contributed by atoms with Gasteiger partial charge in [-0.05, 0) is 44.9 Å². The summed E-state index contributed by atoms with van der Waals surface area (Å²) in [5, 5.41) is 12.6. The van der Waals surface area contributed by atoms with Crippen LogP contribution < -0.4 is 15.5 Å². The molecule has 2 fully saturated rings. The van der Waals surface area contributed by atoms with E-state index in [0.717, 1.165) is 53.6 Å². The SMILES string of the molecule is CNc1ncc(-c2nc3ccc(N4CCO[C@H](C(C)(C)OC)C4)cn3n2)c2cc(NC(=O)C3CC3)ncc12. The Balaban J connectivity index is 1.35. The number of carbonyl (C=O) groups is 1. The van der Waals surface area contributed by atoms with Crippen molar-refractivity contribution in [3.8, 4) is 11.4 Å². The third-order valence-corrected chi connectivity index (χ3v) is 7.50. The lowest BCUT2D eigenvalue weighted by molar-refractivity contribution is -0.117. The van der Waals surface area contributed by atoms with Crippen molar-refractivity contribution in [3.05, 3.63) is 36.8 Å². The Labute approximate surface area is 220 Å². The van der Waals surface area contributed by atoms with E-state index < -0.39 is 0 Å². The molecule has 2 aliphatic rings. The summed E-state index contributed by atoms with van der Waals surface area (Å²) in [6.45, 7) is 6.22. The maximum absolute atomic E-state index is 12.3. The fourth-order valence-electron chi connectivity index (χ4n) is 4.76. The van der Waals surface area contributed by atoms with Crippen LogP contribution in [0.4, 0.5) is 17.3 Å². The van der Waals surface area contributed by atoms with Gasteiger partial charge >= 0.3 is 0 Å². The summed E-state index contributed by atoms with van der Waals surface area (Å²) in [6, 6.07) is 5.90. The zero-order valence-corrected chi connectivity index (χ0v) is 22.1. The van der Waals surface area contributed by atoms with Crippen LogP contribution in [0.5, 0.6) is 0 Å². The van der Waals surface area contributed by atoms with Gasteiger partial charge in [-0.1, -0.05) is 0 Å². The van der Waals surface area contributed by atoms with E-state index >= 15 is 0 Å². The summed E-state index contributed by atoms with van der Waals surface area (Å²) in [5.74, 6) is 1.86. The second-order valence-corrected chi connectivity index (χ2v) is 10.4. The maximum Gasteiger partial charge on any atom is 0.228 e. The largest absolute Gasteiger partial charge is 0.376 e. The van der Waals surface area contributed by atoms with Crippen LogP contribution in [0, 0.1) is 5.92 Å². The quantitative estimate of drug-likeness (QED) is 0.381. The maximum atomic E-state index is 12.3. The van der Waals surface area contributed by atoms with Gasteiger partial charge in [0.2, 0.25) is 5.91 Å². The normalized spacial score (nSPS) is 18.2.